The number of hydrogen-bond donors (Lipinski definition) is 0. The summed E-state index contributed by atoms with van der Waals surface area (Å²) >= 11 is 1.70. The van der Waals surface area contributed by atoms with Crippen LogP contribution >= 0.6 is 11.3 Å². The van der Waals surface area contributed by atoms with E-state index in [1.54, 1.807) is 11.3 Å². The topological polar surface area (TPSA) is 59.1 Å². The number of carbonyl (C=O) groups excluding carboxylic acids is 2. The van der Waals surface area contributed by atoms with Crippen LogP contribution in [0.3, 0.4) is 0 Å². The number of rotatable bonds is 8. The molecule has 2 amide bonds. The molecule has 3 aromatic rings. The van der Waals surface area contributed by atoms with Crippen LogP contribution in [0.25, 0.3) is 0 Å². The molecule has 40 heavy (non-hydrogen) atoms. The second-order valence-corrected chi connectivity index (χ2v) is 12.0. The van der Waals surface area contributed by atoms with Crippen molar-refractivity contribution in [2.45, 2.75) is 76.9 Å². The summed E-state index contributed by atoms with van der Waals surface area (Å²) < 4.78 is 12.0. The predicted molar refractivity (Wildman–Crippen MR) is 157 cm³/mol. The average Bonchev–Trinajstić information content (AvgIpc) is 3.50. The van der Waals surface area contributed by atoms with E-state index in [0.29, 0.717) is 44.0 Å². The second kappa shape index (κ2) is 11.7. The van der Waals surface area contributed by atoms with Gasteiger partial charge < -0.3 is 19.3 Å². The van der Waals surface area contributed by atoms with Crippen LogP contribution in [0.2, 0.25) is 0 Å². The lowest BCUT2D eigenvalue weighted by molar-refractivity contribution is -0.138. The third-order valence-corrected chi connectivity index (χ3v) is 9.52. The first kappa shape index (κ1) is 26.9. The number of amides is 2. The molecule has 2 atom stereocenters. The first-order valence-electron chi connectivity index (χ1n) is 14.8. The SMILES string of the molecule is CCOc1cc2c(cc1OCC)[C@H]1[C@@H](C(=O)N(Cc3cccs3)C3CCCCC3)c3ccccc3C(=O)N1CC2. The number of ether oxygens (including phenoxy) is 2. The first-order valence-corrected chi connectivity index (χ1v) is 15.6. The third-order valence-electron chi connectivity index (χ3n) is 8.66. The molecule has 1 saturated carbocycles. The van der Waals surface area contributed by atoms with Crippen LogP contribution in [0.1, 0.15) is 89.8 Å². The van der Waals surface area contributed by atoms with E-state index in [0.717, 1.165) is 48.1 Å². The highest BCUT2D eigenvalue weighted by atomic mass is 32.1. The lowest BCUT2D eigenvalue weighted by Gasteiger charge is -2.47. The van der Waals surface area contributed by atoms with Gasteiger partial charge in [0.05, 0.1) is 31.7 Å². The summed E-state index contributed by atoms with van der Waals surface area (Å²) in [5, 5.41) is 2.08. The first-order chi connectivity index (χ1) is 19.6. The summed E-state index contributed by atoms with van der Waals surface area (Å²) in [4.78, 5) is 34.1. The van der Waals surface area contributed by atoms with Gasteiger partial charge in [-0.25, -0.2) is 0 Å². The zero-order chi connectivity index (χ0) is 27.6. The normalized spacial score (nSPS) is 20.4. The van der Waals surface area contributed by atoms with E-state index in [-0.39, 0.29) is 23.9 Å². The number of carbonyl (C=O) groups is 2. The maximum absolute atomic E-state index is 15.0. The van der Waals surface area contributed by atoms with E-state index < -0.39 is 5.92 Å². The van der Waals surface area contributed by atoms with Gasteiger partial charge in [-0.3, -0.25) is 9.59 Å². The molecule has 210 valence electrons. The largest absolute Gasteiger partial charge is 0.490 e. The fourth-order valence-corrected chi connectivity index (χ4v) is 7.57. The molecule has 0 spiro atoms. The van der Waals surface area contributed by atoms with Gasteiger partial charge in [-0.15, -0.1) is 11.3 Å². The summed E-state index contributed by atoms with van der Waals surface area (Å²) in [6.07, 6.45) is 6.30. The van der Waals surface area contributed by atoms with Crippen molar-refractivity contribution in [2.75, 3.05) is 19.8 Å². The van der Waals surface area contributed by atoms with Crippen molar-refractivity contribution in [1.82, 2.24) is 9.80 Å². The molecule has 6 rings (SSSR count). The lowest BCUT2D eigenvalue weighted by atomic mass is 9.75. The lowest BCUT2D eigenvalue weighted by Crippen LogP contribution is -2.52. The molecule has 2 aliphatic heterocycles. The molecule has 2 aromatic carbocycles. The Morgan fingerprint density at radius 3 is 2.45 bits per heavy atom. The van der Waals surface area contributed by atoms with Gasteiger partial charge in [0, 0.05) is 23.0 Å². The van der Waals surface area contributed by atoms with Crippen molar-refractivity contribution in [2.24, 2.45) is 0 Å². The minimum Gasteiger partial charge on any atom is -0.490 e. The minimum atomic E-state index is -0.484. The highest BCUT2D eigenvalue weighted by Crippen LogP contribution is 2.49. The molecular formula is C33H38N2O4S. The fourth-order valence-electron chi connectivity index (χ4n) is 6.87. The van der Waals surface area contributed by atoms with Gasteiger partial charge in [0.2, 0.25) is 5.91 Å². The summed E-state index contributed by atoms with van der Waals surface area (Å²) in [6, 6.07) is 15.8. The molecule has 0 radical (unpaired) electrons. The standard InChI is InChI=1S/C33H38N2O4S/c1-3-38-28-19-22-16-17-34-31(27(22)20-29(28)39-4-2)30(25-14-8-9-15-26(25)32(34)36)33(37)35(21-24-13-10-18-40-24)23-11-6-5-7-12-23/h8-10,13-15,18-20,23,30-31H,3-7,11-12,16-17,21H2,1-2H3/t30-,31-/m0/s1. The van der Waals surface area contributed by atoms with E-state index in [2.05, 4.69) is 28.5 Å². The molecule has 3 heterocycles. The average molecular weight is 559 g/mol. The number of fused-ring (bicyclic) bond motifs is 4. The van der Waals surface area contributed by atoms with Crippen molar-refractivity contribution < 1.29 is 19.1 Å². The quantitative estimate of drug-likeness (QED) is 0.307. The Morgan fingerprint density at radius 1 is 0.975 bits per heavy atom. The van der Waals surface area contributed by atoms with E-state index >= 15 is 0 Å². The minimum absolute atomic E-state index is 0.00428. The molecule has 0 unspecified atom stereocenters. The summed E-state index contributed by atoms with van der Waals surface area (Å²) in [5.41, 5.74) is 3.61. The Kier molecular flexibility index (Phi) is 7.83. The van der Waals surface area contributed by atoms with Crippen LogP contribution in [-0.4, -0.2) is 47.4 Å². The zero-order valence-electron chi connectivity index (χ0n) is 23.4. The Balaban J connectivity index is 1.49. The van der Waals surface area contributed by atoms with Crippen LogP contribution in [0.5, 0.6) is 11.5 Å². The van der Waals surface area contributed by atoms with Gasteiger partial charge >= 0.3 is 0 Å². The second-order valence-electron chi connectivity index (χ2n) is 11.0. The summed E-state index contributed by atoms with van der Waals surface area (Å²) in [7, 11) is 0. The van der Waals surface area contributed by atoms with E-state index in [1.165, 1.54) is 11.3 Å². The number of thiophene rings is 1. The fraction of sp³-hybridized carbons (Fsp3) is 0.455. The van der Waals surface area contributed by atoms with Crippen LogP contribution in [0.15, 0.2) is 53.9 Å². The van der Waals surface area contributed by atoms with Crippen molar-refractivity contribution in [3.63, 3.8) is 0 Å². The highest BCUT2D eigenvalue weighted by Gasteiger charge is 2.48. The zero-order valence-corrected chi connectivity index (χ0v) is 24.3. The van der Waals surface area contributed by atoms with Crippen molar-refractivity contribution in [3.05, 3.63) is 81.0 Å². The Labute approximate surface area is 240 Å². The number of nitrogens with zero attached hydrogens (tertiary/aromatic N) is 2. The van der Waals surface area contributed by atoms with Crippen LogP contribution < -0.4 is 9.47 Å². The Morgan fingerprint density at radius 2 is 1.73 bits per heavy atom. The van der Waals surface area contributed by atoms with Crippen LogP contribution in [-0.2, 0) is 17.8 Å². The molecule has 1 fully saturated rings. The van der Waals surface area contributed by atoms with Gasteiger partial charge in [0.25, 0.3) is 5.91 Å². The maximum atomic E-state index is 15.0. The number of hydrogen-bond acceptors (Lipinski definition) is 5. The van der Waals surface area contributed by atoms with Crippen molar-refractivity contribution in [3.8, 4) is 11.5 Å². The molecular weight excluding hydrogens is 520 g/mol. The van der Waals surface area contributed by atoms with Crippen LogP contribution in [0.4, 0.5) is 0 Å². The molecule has 0 bridgehead atoms. The van der Waals surface area contributed by atoms with Gasteiger partial charge in [0.1, 0.15) is 0 Å². The van der Waals surface area contributed by atoms with Gasteiger partial charge in [-0.1, -0.05) is 43.5 Å². The smallest absolute Gasteiger partial charge is 0.254 e. The molecule has 1 aromatic heterocycles. The van der Waals surface area contributed by atoms with E-state index in [4.69, 9.17) is 9.47 Å². The molecule has 3 aliphatic rings. The summed E-state index contributed by atoms with van der Waals surface area (Å²) in [6.45, 7) is 6.16. The molecule has 6 nitrogen and oxygen atoms in total. The monoisotopic (exact) mass is 558 g/mol. The third kappa shape index (κ3) is 4.89. The van der Waals surface area contributed by atoms with E-state index in [9.17, 15) is 9.59 Å². The molecule has 0 saturated heterocycles. The molecule has 0 N–H and O–H groups in total. The predicted octanol–water partition coefficient (Wildman–Crippen LogP) is 6.74. The van der Waals surface area contributed by atoms with E-state index in [1.807, 2.05) is 49.1 Å². The van der Waals surface area contributed by atoms with Gasteiger partial charge in [-0.05, 0) is 79.4 Å². The molecule has 1 aliphatic carbocycles. The van der Waals surface area contributed by atoms with Crippen LogP contribution in [0, 0.1) is 0 Å². The van der Waals surface area contributed by atoms with Crippen molar-refractivity contribution >= 4 is 23.2 Å². The highest BCUT2D eigenvalue weighted by molar-refractivity contribution is 7.09. The Bertz CT molecular complexity index is 1360. The van der Waals surface area contributed by atoms with Gasteiger partial charge in [0.15, 0.2) is 11.5 Å². The van der Waals surface area contributed by atoms with Crippen molar-refractivity contribution in [1.29, 1.82) is 0 Å². The number of benzene rings is 2. The molecule has 7 heteroatoms. The Hall–Kier alpha value is -3.32. The maximum Gasteiger partial charge on any atom is 0.254 e. The summed E-state index contributed by atoms with van der Waals surface area (Å²) in [5.74, 6) is 1.04. The van der Waals surface area contributed by atoms with Gasteiger partial charge in [-0.2, -0.15) is 0 Å².